The van der Waals surface area contributed by atoms with E-state index in [1.54, 1.807) is 16.8 Å². The van der Waals surface area contributed by atoms with Crippen molar-refractivity contribution in [2.24, 2.45) is 0 Å². The van der Waals surface area contributed by atoms with E-state index in [1.807, 2.05) is 0 Å². The maximum absolute atomic E-state index is 13.7. The van der Waals surface area contributed by atoms with Gasteiger partial charge in [0.1, 0.15) is 18.0 Å². The van der Waals surface area contributed by atoms with Crippen LogP contribution in [-0.2, 0) is 13.1 Å². The zero-order valence-corrected chi connectivity index (χ0v) is 11.1. The predicted octanol–water partition coefficient (Wildman–Crippen LogP) is 2.37. The van der Waals surface area contributed by atoms with Crippen molar-refractivity contribution in [2.45, 2.75) is 32.0 Å². The summed E-state index contributed by atoms with van der Waals surface area (Å²) in [5.74, 6) is 0.505. The van der Waals surface area contributed by atoms with Crippen LogP contribution in [-0.4, -0.2) is 20.8 Å². The highest BCUT2D eigenvalue weighted by Gasteiger charge is 2.21. The van der Waals surface area contributed by atoms with E-state index in [9.17, 15) is 4.39 Å². The largest absolute Gasteiger partial charge is 0.307 e. The summed E-state index contributed by atoms with van der Waals surface area (Å²) in [5, 5.41) is 7.91. The van der Waals surface area contributed by atoms with Gasteiger partial charge in [0.25, 0.3) is 0 Å². The molecule has 0 unspecified atom stereocenters. The number of halogens is 2. The van der Waals surface area contributed by atoms with Gasteiger partial charge < -0.3 is 5.32 Å². The molecule has 0 amide bonds. The van der Waals surface area contributed by atoms with Gasteiger partial charge in [-0.15, -0.1) is 0 Å². The first-order chi connectivity index (χ1) is 9.22. The summed E-state index contributed by atoms with van der Waals surface area (Å²) in [6.07, 6.45) is 3.94. The van der Waals surface area contributed by atoms with Crippen LogP contribution >= 0.6 is 11.6 Å². The van der Waals surface area contributed by atoms with Crippen molar-refractivity contribution in [3.05, 3.63) is 46.8 Å². The van der Waals surface area contributed by atoms with Crippen LogP contribution in [0.15, 0.2) is 24.5 Å². The fraction of sp³-hybridized carbons (Fsp3) is 0.385. The molecule has 0 bridgehead atoms. The van der Waals surface area contributed by atoms with E-state index in [0.29, 0.717) is 29.7 Å². The second-order valence-corrected chi connectivity index (χ2v) is 5.16. The lowest BCUT2D eigenvalue weighted by Gasteiger charge is -2.08. The molecule has 1 N–H and O–H groups in total. The SMILES string of the molecule is Fc1cc(Cl)ccc1Cn1ncnc1CNC1CC1. The van der Waals surface area contributed by atoms with Crippen LogP contribution < -0.4 is 5.32 Å². The van der Waals surface area contributed by atoms with Gasteiger partial charge in [-0.05, 0) is 25.0 Å². The highest BCUT2D eigenvalue weighted by molar-refractivity contribution is 6.30. The van der Waals surface area contributed by atoms with E-state index >= 15 is 0 Å². The van der Waals surface area contributed by atoms with Gasteiger partial charge in [-0.25, -0.2) is 14.1 Å². The number of aromatic nitrogens is 3. The van der Waals surface area contributed by atoms with Crippen LogP contribution in [0.1, 0.15) is 24.2 Å². The second-order valence-electron chi connectivity index (χ2n) is 4.72. The van der Waals surface area contributed by atoms with Gasteiger partial charge >= 0.3 is 0 Å². The Bertz CT molecular complexity index is 580. The van der Waals surface area contributed by atoms with Crippen molar-refractivity contribution in [3.8, 4) is 0 Å². The van der Waals surface area contributed by atoms with Crippen LogP contribution in [0.5, 0.6) is 0 Å². The molecule has 1 aliphatic rings. The molecule has 0 spiro atoms. The number of hydrogen-bond acceptors (Lipinski definition) is 3. The third-order valence-electron chi connectivity index (χ3n) is 3.16. The number of rotatable bonds is 5. The molecule has 1 aliphatic carbocycles. The summed E-state index contributed by atoms with van der Waals surface area (Å²) in [6.45, 7) is 1.03. The fourth-order valence-electron chi connectivity index (χ4n) is 1.89. The molecule has 0 atom stereocenters. The lowest BCUT2D eigenvalue weighted by Crippen LogP contribution is -2.20. The van der Waals surface area contributed by atoms with Gasteiger partial charge in [0.05, 0.1) is 13.1 Å². The molecule has 0 aliphatic heterocycles. The summed E-state index contributed by atoms with van der Waals surface area (Å²) in [4.78, 5) is 4.20. The van der Waals surface area contributed by atoms with Gasteiger partial charge in [0, 0.05) is 16.6 Å². The van der Waals surface area contributed by atoms with Crippen LogP contribution in [0.2, 0.25) is 5.02 Å². The molecule has 0 radical (unpaired) electrons. The first-order valence-electron chi connectivity index (χ1n) is 6.26. The zero-order chi connectivity index (χ0) is 13.2. The van der Waals surface area contributed by atoms with Crippen molar-refractivity contribution >= 4 is 11.6 Å². The van der Waals surface area contributed by atoms with Gasteiger partial charge in [0.2, 0.25) is 0 Å². The topological polar surface area (TPSA) is 42.7 Å². The molecule has 100 valence electrons. The van der Waals surface area contributed by atoms with E-state index in [0.717, 1.165) is 5.82 Å². The molecule has 2 aromatic rings. The van der Waals surface area contributed by atoms with Crippen molar-refractivity contribution in [1.82, 2.24) is 20.1 Å². The molecule has 6 heteroatoms. The van der Waals surface area contributed by atoms with Crippen molar-refractivity contribution in [2.75, 3.05) is 0 Å². The first-order valence-corrected chi connectivity index (χ1v) is 6.64. The van der Waals surface area contributed by atoms with Gasteiger partial charge in [-0.1, -0.05) is 17.7 Å². The Labute approximate surface area is 115 Å². The Morgan fingerprint density at radius 1 is 1.42 bits per heavy atom. The molecule has 1 aromatic carbocycles. The van der Waals surface area contributed by atoms with E-state index in [4.69, 9.17) is 11.6 Å². The summed E-state index contributed by atoms with van der Waals surface area (Å²) in [5.41, 5.74) is 0.558. The smallest absolute Gasteiger partial charge is 0.141 e. The molecule has 3 rings (SSSR count). The highest BCUT2D eigenvalue weighted by Crippen LogP contribution is 2.19. The zero-order valence-electron chi connectivity index (χ0n) is 10.3. The second kappa shape index (κ2) is 5.27. The normalized spacial score (nSPS) is 14.8. The van der Waals surface area contributed by atoms with Crippen LogP contribution in [0.25, 0.3) is 0 Å². The summed E-state index contributed by atoms with van der Waals surface area (Å²) >= 11 is 5.74. The highest BCUT2D eigenvalue weighted by atomic mass is 35.5. The summed E-state index contributed by atoms with van der Waals surface area (Å²) in [7, 11) is 0. The molecular weight excluding hydrogens is 267 g/mol. The van der Waals surface area contributed by atoms with E-state index < -0.39 is 0 Å². The Hall–Kier alpha value is -1.46. The van der Waals surface area contributed by atoms with E-state index in [-0.39, 0.29) is 5.82 Å². The molecule has 4 nitrogen and oxygen atoms in total. The molecule has 1 aromatic heterocycles. The third kappa shape index (κ3) is 3.11. The maximum Gasteiger partial charge on any atom is 0.141 e. The standard InChI is InChI=1S/C13H14ClFN4/c14-10-2-1-9(12(15)5-10)7-19-13(17-8-18-19)6-16-11-3-4-11/h1-2,5,8,11,16H,3-4,6-7H2. The summed E-state index contributed by atoms with van der Waals surface area (Å²) < 4.78 is 15.4. The molecule has 0 saturated heterocycles. The lowest BCUT2D eigenvalue weighted by atomic mass is 10.2. The van der Waals surface area contributed by atoms with E-state index in [1.165, 1.54) is 25.2 Å². The quantitative estimate of drug-likeness (QED) is 0.914. The van der Waals surface area contributed by atoms with Crippen molar-refractivity contribution in [3.63, 3.8) is 0 Å². The van der Waals surface area contributed by atoms with Crippen LogP contribution in [0.3, 0.4) is 0 Å². The van der Waals surface area contributed by atoms with Crippen molar-refractivity contribution < 1.29 is 4.39 Å². The van der Waals surface area contributed by atoms with Crippen LogP contribution in [0.4, 0.5) is 4.39 Å². The Balaban J connectivity index is 1.73. The first kappa shape index (κ1) is 12.6. The van der Waals surface area contributed by atoms with Gasteiger partial charge in [-0.2, -0.15) is 5.10 Å². The molecule has 19 heavy (non-hydrogen) atoms. The van der Waals surface area contributed by atoms with E-state index in [2.05, 4.69) is 15.4 Å². The Kier molecular flexibility index (Phi) is 3.48. The fourth-order valence-corrected chi connectivity index (χ4v) is 2.05. The average molecular weight is 281 g/mol. The predicted molar refractivity (Wildman–Crippen MR) is 70.4 cm³/mol. The Morgan fingerprint density at radius 2 is 2.26 bits per heavy atom. The minimum Gasteiger partial charge on any atom is -0.307 e. The average Bonchev–Trinajstić information content (AvgIpc) is 3.11. The maximum atomic E-state index is 13.7. The van der Waals surface area contributed by atoms with Crippen LogP contribution in [0, 0.1) is 5.82 Å². The molecule has 1 fully saturated rings. The molecule has 1 saturated carbocycles. The van der Waals surface area contributed by atoms with Gasteiger partial charge in [0.15, 0.2) is 0 Å². The number of nitrogens with zero attached hydrogens (tertiary/aromatic N) is 3. The number of benzene rings is 1. The third-order valence-corrected chi connectivity index (χ3v) is 3.39. The lowest BCUT2D eigenvalue weighted by molar-refractivity contribution is 0.555. The minimum absolute atomic E-state index is 0.316. The van der Waals surface area contributed by atoms with Crippen molar-refractivity contribution in [1.29, 1.82) is 0 Å². The Morgan fingerprint density at radius 3 is 3.00 bits per heavy atom. The number of hydrogen-bond donors (Lipinski definition) is 1. The minimum atomic E-state index is -0.316. The summed E-state index contributed by atoms with van der Waals surface area (Å²) in [6, 6.07) is 5.28. The monoisotopic (exact) mass is 280 g/mol. The van der Waals surface area contributed by atoms with Gasteiger partial charge in [-0.3, -0.25) is 0 Å². The molecule has 1 heterocycles. The molecular formula is C13H14ClFN4. The number of nitrogens with one attached hydrogen (secondary N) is 1.